The van der Waals surface area contributed by atoms with Crippen LogP contribution in [0.4, 0.5) is 17.2 Å². The van der Waals surface area contributed by atoms with Gasteiger partial charge in [-0.1, -0.05) is 52.9 Å². The Hall–Kier alpha value is -2.02. The SMILES string of the molecule is CN(C)c1ccccc1N=Nc1nc2ccccc2cc1CI. The first-order chi connectivity index (χ1) is 11.2. The molecule has 0 aliphatic rings. The van der Waals surface area contributed by atoms with Crippen molar-refractivity contribution in [3.8, 4) is 0 Å². The van der Waals surface area contributed by atoms with Gasteiger partial charge >= 0.3 is 0 Å². The molecule has 4 nitrogen and oxygen atoms in total. The van der Waals surface area contributed by atoms with Gasteiger partial charge in [0.1, 0.15) is 5.69 Å². The first kappa shape index (κ1) is 15.9. The molecule has 116 valence electrons. The van der Waals surface area contributed by atoms with Gasteiger partial charge in [0, 0.05) is 29.5 Å². The number of pyridine rings is 1. The van der Waals surface area contributed by atoms with Gasteiger partial charge in [-0.15, -0.1) is 10.2 Å². The quantitative estimate of drug-likeness (QED) is 0.313. The molecule has 3 rings (SSSR count). The Balaban J connectivity index is 2.04. The molecule has 0 fully saturated rings. The number of fused-ring (bicyclic) bond motifs is 1. The highest BCUT2D eigenvalue weighted by atomic mass is 127. The summed E-state index contributed by atoms with van der Waals surface area (Å²) in [5, 5.41) is 9.98. The van der Waals surface area contributed by atoms with Gasteiger partial charge in [-0.2, -0.15) is 0 Å². The molecule has 5 heteroatoms. The fraction of sp³-hybridized carbons (Fsp3) is 0.167. The summed E-state index contributed by atoms with van der Waals surface area (Å²) in [6.45, 7) is 0. The summed E-state index contributed by atoms with van der Waals surface area (Å²) in [6, 6.07) is 18.2. The van der Waals surface area contributed by atoms with Crippen LogP contribution in [0.15, 0.2) is 64.8 Å². The minimum Gasteiger partial charge on any atom is -0.376 e. The Morgan fingerprint density at radius 3 is 2.52 bits per heavy atom. The van der Waals surface area contributed by atoms with Crippen molar-refractivity contribution in [1.29, 1.82) is 0 Å². The van der Waals surface area contributed by atoms with E-state index < -0.39 is 0 Å². The molecule has 0 saturated heterocycles. The topological polar surface area (TPSA) is 40.9 Å². The van der Waals surface area contributed by atoms with Crippen molar-refractivity contribution >= 4 is 50.7 Å². The molecule has 3 aromatic rings. The summed E-state index contributed by atoms with van der Waals surface area (Å²) >= 11 is 2.33. The second-order valence-corrected chi connectivity index (χ2v) is 6.14. The second-order valence-electron chi connectivity index (χ2n) is 5.38. The summed E-state index contributed by atoms with van der Waals surface area (Å²) in [4.78, 5) is 6.69. The molecule has 23 heavy (non-hydrogen) atoms. The van der Waals surface area contributed by atoms with E-state index in [1.165, 1.54) is 0 Å². The molecule has 0 aliphatic carbocycles. The Morgan fingerprint density at radius 2 is 1.74 bits per heavy atom. The van der Waals surface area contributed by atoms with Gasteiger partial charge in [-0.25, -0.2) is 4.98 Å². The molecular weight excluding hydrogens is 399 g/mol. The van der Waals surface area contributed by atoms with Crippen molar-refractivity contribution in [3.63, 3.8) is 0 Å². The molecular formula is C18H17IN4. The standard InChI is InChI=1S/C18H17IN4/c1-23(2)17-10-6-5-9-16(17)21-22-18-14(12-19)11-13-7-3-4-8-15(13)20-18/h3-11H,12H2,1-2H3. The molecule has 2 aromatic carbocycles. The maximum atomic E-state index is 4.66. The van der Waals surface area contributed by atoms with Gasteiger partial charge < -0.3 is 4.90 Å². The van der Waals surface area contributed by atoms with Crippen molar-refractivity contribution in [2.45, 2.75) is 4.43 Å². The second kappa shape index (κ2) is 7.04. The Labute approximate surface area is 149 Å². The zero-order valence-electron chi connectivity index (χ0n) is 13.1. The number of para-hydroxylation sites is 2. The van der Waals surface area contributed by atoms with Gasteiger partial charge in [-0.05, 0) is 24.3 Å². The minimum atomic E-state index is 0.687. The summed E-state index contributed by atoms with van der Waals surface area (Å²) in [7, 11) is 4.00. The molecule has 0 bridgehead atoms. The monoisotopic (exact) mass is 416 g/mol. The number of anilines is 1. The molecule has 0 aliphatic heterocycles. The maximum Gasteiger partial charge on any atom is 0.179 e. The van der Waals surface area contributed by atoms with Crippen molar-refractivity contribution in [2.24, 2.45) is 10.2 Å². The third kappa shape index (κ3) is 3.50. The number of hydrogen-bond donors (Lipinski definition) is 0. The van der Waals surface area contributed by atoms with Crippen molar-refractivity contribution < 1.29 is 0 Å². The van der Waals surface area contributed by atoms with Crippen LogP contribution in [0.5, 0.6) is 0 Å². The molecule has 0 amide bonds. The van der Waals surface area contributed by atoms with Gasteiger partial charge in [0.25, 0.3) is 0 Å². The number of hydrogen-bond acceptors (Lipinski definition) is 4. The normalized spacial score (nSPS) is 11.3. The number of alkyl halides is 1. The molecule has 0 radical (unpaired) electrons. The van der Waals surface area contributed by atoms with Gasteiger partial charge in [-0.3, -0.25) is 0 Å². The zero-order chi connectivity index (χ0) is 16.2. The maximum absolute atomic E-state index is 4.66. The highest BCUT2D eigenvalue weighted by Crippen LogP contribution is 2.30. The van der Waals surface area contributed by atoms with E-state index in [4.69, 9.17) is 0 Å². The predicted molar refractivity (Wildman–Crippen MR) is 104 cm³/mol. The van der Waals surface area contributed by atoms with Crippen LogP contribution in [-0.2, 0) is 4.43 Å². The van der Waals surface area contributed by atoms with Gasteiger partial charge in [0.2, 0.25) is 0 Å². The number of rotatable bonds is 4. The van der Waals surface area contributed by atoms with Crippen molar-refractivity contribution in [3.05, 3.63) is 60.2 Å². The third-order valence-corrected chi connectivity index (χ3v) is 4.36. The number of halogens is 1. The Bertz CT molecular complexity index is 859. The largest absolute Gasteiger partial charge is 0.376 e. The highest BCUT2D eigenvalue weighted by Gasteiger charge is 2.07. The van der Waals surface area contributed by atoms with Crippen LogP contribution in [-0.4, -0.2) is 19.1 Å². The number of nitrogens with zero attached hydrogens (tertiary/aromatic N) is 4. The lowest BCUT2D eigenvalue weighted by Crippen LogP contribution is -2.08. The zero-order valence-corrected chi connectivity index (χ0v) is 15.2. The molecule has 1 aromatic heterocycles. The van der Waals surface area contributed by atoms with Crippen LogP contribution in [0.25, 0.3) is 10.9 Å². The summed E-state index contributed by atoms with van der Waals surface area (Å²) < 4.78 is 0.847. The first-order valence-corrected chi connectivity index (χ1v) is 8.84. The lowest BCUT2D eigenvalue weighted by molar-refractivity contribution is 1.10. The number of aromatic nitrogens is 1. The van der Waals surface area contributed by atoms with Gasteiger partial charge in [0.05, 0.1) is 11.2 Å². The summed E-state index contributed by atoms with van der Waals surface area (Å²) in [5.74, 6) is 0.687. The summed E-state index contributed by atoms with van der Waals surface area (Å²) in [6.07, 6.45) is 0. The van der Waals surface area contributed by atoms with Crippen molar-refractivity contribution in [2.75, 3.05) is 19.0 Å². The summed E-state index contributed by atoms with van der Waals surface area (Å²) in [5.41, 5.74) is 3.91. The Morgan fingerprint density at radius 1 is 1.00 bits per heavy atom. The van der Waals surface area contributed by atoms with Gasteiger partial charge in [0.15, 0.2) is 5.82 Å². The van der Waals surface area contributed by atoms with E-state index in [1.807, 2.05) is 61.5 Å². The van der Waals surface area contributed by atoms with E-state index in [2.05, 4.69) is 49.9 Å². The third-order valence-electron chi connectivity index (χ3n) is 3.54. The van der Waals surface area contributed by atoms with Crippen LogP contribution in [0.1, 0.15) is 5.56 Å². The fourth-order valence-electron chi connectivity index (χ4n) is 2.36. The lowest BCUT2D eigenvalue weighted by Gasteiger charge is -2.13. The van der Waals surface area contributed by atoms with Crippen LogP contribution in [0.3, 0.4) is 0 Å². The average molecular weight is 416 g/mol. The predicted octanol–water partition coefficient (Wildman–Crippen LogP) is 5.65. The molecule has 0 unspecified atom stereocenters. The Kier molecular flexibility index (Phi) is 4.85. The van der Waals surface area contributed by atoms with Crippen LogP contribution in [0.2, 0.25) is 0 Å². The number of azo groups is 1. The molecule has 0 saturated carbocycles. The molecule has 1 heterocycles. The molecule has 0 N–H and O–H groups in total. The van der Waals surface area contributed by atoms with Crippen LogP contribution in [0, 0.1) is 0 Å². The molecule has 0 spiro atoms. The number of benzene rings is 2. The van der Waals surface area contributed by atoms with E-state index in [1.54, 1.807) is 0 Å². The lowest BCUT2D eigenvalue weighted by atomic mass is 10.1. The smallest absolute Gasteiger partial charge is 0.179 e. The highest BCUT2D eigenvalue weighted by molar-refractivity contribution is 14.1. The first-order valence-electron chi connectivity index (χ1n) is 7.32. The van der Waals surface area contributed by atoms with E-state index >= 15 is 0 Å². The van der Waals surface area contributed by atoms with E-state index in [0.29, 0.717) is 5.82 Å². The average Bonchev–Trinajstić information content (AvgIpc) is 2.59. The van der Waals surface area contributed by atoms with E-state index in [-0.39, 0.29) is 0 Å². The van der Waals surface area contributed by atoms with Crippen LogP contribution >= 0.6 is 22.6 Å². The van der Waals surface area contributed by atoms with E-state index in [0.717, 1.165) is 32.3 Å². The van der Waals surface area contributed by atoms with Crippen LogP contribution < -0.4 is 4.90 Å². The molecule has 0 atom stereocenters. The van der Waals surface area contributed by atoms with Crippen molar-refractivity contribution in [1.82, 2.24) is 4.98 Å². The minimum absolute atomic E-state index is 0.687. The van der Waals surface area contributed by atoms with E-state index in [9.17, 15) is 0 Å². The fourth-order valence-corrected chi connectivity index (χ4v) is 2.92.